The van der Waals surface area contributed by atoms with Gasteiger partial charge in [-0.2, -0.15) is 5.26 Å². The summed E-state index contributed by atoms with van der Waals surface area (Å²) in [6.45, 7) is 0. The first kappa shape index (κ1) is 16.0. The Morgan fingerprint density at radius 1 is 1.25 bits per heavy atom. The zero-order chi connectivity index (χ0) is 15.6. The Labute approximate surface area is 114 Å². The first-order chi connectivity index (χ1) is 9.07. The highest BCUT2D eigenvalue weighted by Gasteiger charge is 2.23. The average molecular weight is 319 g/mol. The van der Waals surface area contributed by atoms with Crippen molar-refractivity contribution in [3.63, 3.8) is 0 Å². The number of nitro benzene ring substituents is 1. The highest BCUT2D eigenvalue weighted by molar-refractivity contribution is 7.94. The Morgan fingerprint density at radius 2 is 1.85 bits per heavy atom. The van der Waals surface area contributed by atoms with Crippen LogP contribution in [-0.4, -0.2) is 33.3 Å². The zero-order valence-electron chi connectivity index (χ0n) is 9.88. The van der Waals surface area contributed by atoms with Crippen LogP contribution in [0.15, 0.2) is 23.1 Å². The van der Waals surface area contributed by atoms with Crippen molar-refractivity contribution in [1.82, 2.24) is 0 Å². The van der Waals surface area contributed by atoms with Gasteiger partial charge in [0.25, 0.3) is 5.69 Å². The topological polar surface area (TPSA) is 161 Å². The highest BCUT2D eigenvalue weighted by atomic mass is 32.2. The van der Waals surface area contributed by atoms with Gasteiger partial charge in [-0.05, 0) is 6.07 Å². The Bertz CT molecular complexity index is 791. The molecular formula is C9H9N3O6S2. The number of nitrogens with two attached hydrogens (primary N) is 1. The van der Waals surface area contributed by atoms with E-state index >= 15 is 0 Å². The minimum Gasteiger partial charge on any atom is -0.258 e. The molecule has 0 atom stereocenters. The molecule has 0 spiro atoms. The molecule has 20 heavy (non-hydrogen) atoms. The van der Waals surface area contributed by atoms with Crippen molar-refractivity contribution < 1.29 is 21.8 Å². The average Bonchev–Trinajstić information content (AvgIpc) is 2.35. The fourth-order valence-corrected chi connectivity index (χ4v) is 4.07. The number of hydrogen-bond donors (Lipinski definition) is 1. The number of primary sulfonamides is 1. The third-order valence-electron chi connectivity index (χ3n) is 2.27. The molecule has 1 aromatic rings. The van der Waals surface area contributed by atoms with Crippen molar-refractivity contribution in [3.05, 3.63) is 33.9 Å². The summed E-state index contributed by atoms with van der Waals surface area (Å²) in [5, 5.41) is 24.1. The Morgan fingerprint density at radius 3 is 2.30 bits per heavy atom. The minimum atomic E-state index is -4.08. The van der Waals surface area contributed by atoms with E-state index in [0.717, 1.165) is 18.2 Å². The van der Waals surface area contributed by atoms with Gasteiger partial charge in [-0.15, -0.1) is 0 Å². The van der Waals surface area contributed by atoms with Crippen molar-refractivity contribution in [3.8, 4) is 6.07 Å². The quantitative estimate of drug-likeness (QED) is 0.566. The van der Waals surface area contributed by atoms with Crippen molar-refractivity contribution in [2.45, 2.75) is 4.90 Å². The molecule has 11 heteroatoms. The number of nitro groups is 1. The molecule has 0 saturated carbocycles. The molecule has 9 nitrogen and oxygen atoms in total. The standard InChI is InChI=1S/C9H9N3O6S2/c10-6-7-5-8(12(13)14)1-2-9(7)19(15,16)3-4-20(11,17)18/h1-2,5H,3-4H2,(H2,11,17,18). The van der Waals surface area contributed by atoms with Gasteiger partial charge in [-0.1, -0.05) is 0 Å². The molecule has 108 valence electrons. The van der Waals surface area contributed by atoms with Crippen molar-refractivity contribution in [1.29, 1.82) is 5.26 Å². The first-order valence-corrected chi connectivity index (χ1v) is 8.35. The molecule has 0 aromatic heterocycles. The SMILES string of the molecule is N#Cc1cc([N+](=O)[O-])ccc1S(=O)(=O)CCS(N)(=O)=O. The van der Waals surface area contributed by atoms with E-state index in [4.69, 9.17) is 10.4 Å². The van der Waals surface area contributed by atoms with Crippen molar-refractivity contribution >= 4 is 25.5 Å². The molecule has 1 aromatic carbocycles. The first-order valence-electron chi connectivity index (χ1n) is 4.98. The molecule has 0 radical (unpaired) electrons. The van der Waals surface area contributed by atoms with Crippen LogP contribution < -0.4 is 5.14 Å². The molecule has 0 aliphatic rings. The maximum atomic E-state index is 11.9. The molecular weight excluding hydrogens is 310 g/mol. The molecule has 0 unspecified atom stereocenters. The molecule has 0 heterocycles. The van der Waals surface area contributed by atoms with Crippen LogP contribution in [0.1, 0.15) is 5.56 Å². The number of non-ortho nitro benzene ring substituents is 1. The van der Waals surface area contributed by atoms with Crippen LogP contribution in [-0.2, 0) is 19.9 Å². The van der Waals surface area contributed by atoms with E-state index < -0.39 is 52.4 Å². The maximum absolute atomic E-state index is 11.9. The van der Waals surface area contributed by atoms with Gasteiger partial charge in [0.15, 0.2) is 9.84 Å². The number of nitriles is 1. The normalized spacial score (nSPS) is 11.8. The molecule has 2 N–H and O–H groups in total. The predicted molar refractivity (Wildman–Crippen MR) is 67.8 cm³/mol. The van der Waals surface area contributed by atoms with E-state index in [1.807, 2.05) is 0 Å². The second kappa shape index (κ2) is 5.53. The summed E-state index contributed by atoms with van der Waals surface area (Å²) in [5.74, 6) is -1.62. The smallest absolute Gasteiger partial charge is 0.258 e. The lowest BCUT2D eigenvalue weighted by Gasteiger charge is -2.05. The van der Waals surface area contributed by atoms with E-state index in [1.54, 1.807) is 0 Å². The van der Waals surface area contributed by atoms with Gasteiger partial charge in [0.1, 0.15) is 6.07 Å². The molecule has 0 fully saturated rings. The highest BCUT2D eigenvalue weighted by Crippen LogP contribution is 2.22. The zero-order valence-corrected chi connectivity index (χ0v) is 11.5. The van der Waals surface area contributed by atoms with E-state index in [0.29, 0.717) is 0 Å². The van der Waals surface area contributed by atoms with Crippen LogP contribution >= 0.6 is 0 Å². The fraction of sp³-hybridized carbons (Fsp3) is 0.222. The lowest BCUT2D eigenvalue weighted by atomic mass is 10.2. The fourth-order valence-electron chi connectivity index (χ4n) is 1.33. The second-order valence-electron chi connectivity index (χ2n) is 3.74. The number of nitrogens with zero attached hydrogens (tertiary/aromatic N) is 2. The number of sulfonamides is 1. The number of sulfone groups is 1. The van der Waals surface area contributed by atoms with Gasteiger partial charge < -0.3 is 0 Å². The lowest BCUT2D eigenvalue weighted by molar-refractivity contribution is -0.384. The Hall–Kier alpha value is -2.03. The van der Waals surface area contributed by atoms with Gasteiger partial charge in [0, 0.05) is 12.1 Å². The van der Waals surface area contributed by atoms with Gasteiger partial charge in [-0.3, -0.25) is 10.1 Å². The molecule has 0 saturated heterocycles. The summed E-state index contributed by atoms with van der Waals surface area (Å²) >= 11 is 0. The van der Waals surface area contributed by atoms with Gasteiger partial charge >= 0.3 is 0 Å². The van der Waals surface area contributed by atoms with Crippen LogP contribution in [0.5, 0.6) is 0 Å². The summed E-state index contributed by atoms with van der Waals surface area (Å²) in [6.07, 6.45) is 0. The van der Waals surface area contributed by atoms with Crippen LogP contribution in [0.3, 0.4) is 0 Å². The third kappa shape index (κ3) is 3.98. The molecule has 0 amide bonds. The molecule has 0 bridgehead atoms. The van der Waals surface area contributed by atoms with Gasteiger partial charge in [0.05, 0.1) is 26.9 Å². The van der Waals surface area contributed by atoms with Crippen molar-refractivity contribution in [2.24, 2.45) is 5.14 Å². The molecule has 0 aliphatic carbocycles. The van der Waals surface area contributed by atoms with Crippen molar-refractivity contribution in [2.75, 3.05) is 11.5 Å². The maximum Gasteiger partial charge on any atom is 0.270 e. The summed E-state index contributed by atoms with van der Waals surface area (Å²) in [6, 6.07) is 4.16. The number of hydrogen-bond acceptors (Lipinski definition) is 7. The molecule has 0 aliphatic heterocycles. The largest absolute Gasteiger partial charge is 0.270 e. The second-order valence-corrected chi connectivity index (χ2v) is 7.55. The third-order valence-corrected chi connectivity index (χ3v) is 5.07. The van der Waals surface area contributed by atoms with Crippen LogP contribution in [0.2, 0.25) is 0 Å². The molecule has 1 rings (SSSR count). The van der Waals surface area contributed by atoms with Gasteiger partial charge in [-0.25, -0.2) is 22.0 Å². The van der Waals surface area contributed by atoms with Crippen LogP contribution in [0.25, 0.3) is 0 Å². The van der Waals surface area contributed by atoms with E-state index in [2.05, 4.69) is 0 Å². The van der Waals surface area contributed by atoms with Crippen LogP contribution in [0.4, 0.5) is 5.69 Å². The number of benzene rings is 1. The predicted octanol–water partition coefficient (Wildman–Crippen LogP) is -0.471. The summed E-state index contributed by atoms with van der Waals surface area (Å²) in [4.78, 5) is 9.30. The number of rotatable bonds is 5. The Kier molecular flexibility index (Phi) is 4.43. The lowest BCUT2D eigenvalue weighted by Crippen LogP contribution is -2.23. The minimum absolute atomic E-state index is 0.423. The summed E-state index contributed by atoms with van der Waals surface area (Å²) in [7, 11) is -8.06. The van der Waals surface area contributed by atoms with Crippen LogP contribution in [0, 0.1) is 21.4 Å². The monoisotopic (exact) mass is 319 g/mol. The Balaban J connectivity index is 3.26. The summed E-state index contributed by atoms with van der Waals surface area (Å²) in [5.41, 5.74) is -0.861. The summed E-state index contributed by atoms with van der Waals surface area (Å²) < 4.78 is 45.3. The van der Waals surface area contributed by atoms with E-state index in [1.165, 1.54) is 6.07 Å². The van der Waals surface area contributed by atoms with E-state index in [-0.39, 0.29) is 0 Å². The van der Waals surface area contributed by atoms with E-state index in [9.17, 15) is 26.9 Å². The van der Waals surface area contributed by atoms with Gasteiger partial charge in [0.2, 0.25) is 10.0 Å².